The molecule has 64 valence electrons. The number of amides is 1. The second kappa shape index (κ2) is 3.69. The maximum absolute atomic E-state index is 11.3. The van der Waals surface area contributed by atoms with Gasteiger partial charge in [-0.1, -0.05) is 0 Å². The third-order valence-electron chi connectivity index (χ3n) is 1.93. The lowest BCUT2D eigenvalue weighted by Gasteiger charge is -2.29. The largest absolute Gasteiger partial charge is 0.396 e. The summed E-state index contributed by atoms with van der Waals surface area (Å²) in [5, 5.41) is 11.7. The minimum atomic E-state index is -0.168. The molecule has 1 unspecified atom stereocenters. The lowest BCUT2D eigenvalue weighted by Crippen LogP contribution is -2.53. The lowest BCUT2D eigenvalue weighted by atomic mass is 10.1. The maximum atomic E-state index is 11.3. The molecule has 1 fully saturated rings. The van der Waals surface area contributed by atoms with Gasteiger partial charge in [-0.05, 0) is 6.42 Å². The van der Waals surface area contributed by atoms with E-state index in [0.717, 1.165) is 13.1 Å². The van der Waals surface area contributed by atoms with E-state index >= 15 is 0 Å². The summed E-state index contributed by atoms with van der Waals surface area (Å²) in [5.41, 5.74) is 0. The Balaban J connectivity index is 2.44. The van der Waals surface area contributed by atoms with E-state index in [1.807, 2.05) is 0 Å². The molecule has 1 aliphatic rings. The lowest BCUT2D eigenvalue weighted by molar-refractivity contribution is -0.134. The first kappa shape index (κ1) is 8.49. The molecule has 1 amide bonds. The van der Waals surface area contributed by atoms with Crippen LogP contribution in [0.3, 0.4) is 0 Å². The van der Waals surface area contributed by atoms with Gasteiger partial charge in [-0.2, -0.15) is 0 Å². The van der Waals surface area contributed by atoms with Gasteiger partial charge in [-0.15, -0.1) is 0 Å². The number of nitrogens with zero attached hydrogens (tertiary/aromatic N) is 1. The summed E-state index contributed by atoms with van der Waals surface area (Å²) in [6, 6.07) is -0.168. The van der Waals surface area contributed by atoms with Crippen LogP contribution >= 0.6 is 0 Å². The van der Waals surface area contributed by atoms with Gasteiger partial charge in [0, 0.05) is 26.7 Å². The zero-order chi connectivity index (χ0) is 8.27. The number of aliphatic hydroxyl groups is 1. The van der Waals surface area contributed by atoms with Crippen molar-refractivity contribution in [1.29, 1.82) is 0 Å². The van der Waals surface area contributed by atoms with Gasteiger partial charge in [-0.3, -0.25) is 4.79 Å². The number of piperazine rings is 1. The van der Waals surface area contributed by atoms with Crippen molar-refractivity contribution in [1.82, 2.24) is 10.2 Å². The fourth-order valence-corrected chi connectivity index (χ4v) is 1.22. The normalized spacial score (nSPS) is 25.8. The van der Waals surface area contributed by atoms with Crippen LogP contribution in [-0.2, 0) is 4.79 Å². The Bertz CT molecular complexity index is 147. The van der Waals surface area contributed by atoms with Crippen LogP contribution in [0.1, 0.15) is 6.42 Å². The highest BCUT2D eigenvalue weighted by molar-refractivity contribution is 5.82. The van der Waals surface area contributed by atoms with Gasteiger partial charge in [0.15, 0.2) is 0 Å². The third kappa shape index (κ3) is 1.91. The summed E-state index contributed by atoms with van der Waals surface area (Å²) < 4.78 is 0. The Morgan fingerprint density at radius 1 is 1.82 bits per heavy atom. The van der Waals surface area contributed by atoms with Gasteiger partial charge in [0.2, 0.25) is 5.91 Å². The molecule has 1 saturated heterocycles. The van der Waals surface area contributed by atoms with Gasteiger partial charge >= 0.3 is 0 Å². The van der Waals surface area contributed by atoms with Gasteiger partial charge < -0.3 is 15.3 Å². The predicted molar refractivity (Wildman–Crippen MR) is 41.1 cm³/mol. The van der Waals surface area contributed by atoms with Crippen LogP contribution < -0.4 is 5.32 Å². The summed E-state index contributed by atoms with van der Waals surface area (Å²) in [5.74, 6) is 0.0882. The molecule has 0 aromatic heterocycles. The molecule has 0 spiro atoms. The number of likely N-dealkylation sites (N-methyl/N-ethyl adjacent to an activating group) is 1. The molecular weight excluding hydrogens is 144 g/mol. The first-order valence-electron chi connectivity index (χ1n) is 3.85. The molecule has 0 aliphatic carbocycles. The quantitative estimate of drug-likeness (QED) is 0.530. The van der Waals surface area contributed by atoms with E-state index in [1.54, 1.807) is 11.9 Å². The molecule has 0 radical (unpaired) electrons. The first-order chi connectivity index (χ1) is 5.25. The summed E-state index contributed by atoms with van der Waals surface area (Å²) in [6.45, 7) is 1.66. The molecule has 4 nitrogen and oxygen atoms in total. The molecule has 2 N–H and O–H groups in total. The zero-order valence-corrected chi connectivity index (χ0v) is 6.71. The smallest absolute Gasteiger partial charge is 0.239 e. The zero-order valence-electron chi connectivity index (χ0n) is 6.71. The van der Waals surface area contributed by atoms with Crippen LogP contribution in [0.2, 0.25) is 0 Å². The molecule has 0 aromatic carbocycles. The van der Waals surface area contributed by atoms with E-state index in [1.165, 1.54) is 0 Å². The van der Waals surface area contributed by atoms with Crippen LogP contribution in [0.4, 0.5) is 0 Å². The van der Waals surface area contributed by atoms with Crippen LogP contribution in [0.15, 0.2) is 0 Å². The van der Waals surface area contributed by atoms with Gasteiger partial charge in [-0.25, -0.2) is 0 Å². The average Bonchev–Trinajstić information content (AvgIpc) is 1.99. The fraction of sp³-hybridized carbons (Fsp3) is 0.857. The number of hydrogen-bond donors (Lipinski definition) is 2. The number of nitrogens with one attached hydrogen (secondary N) is 1. The Hall–Kier alpha value is -0.610. The molecule has 1 atom stereocenters. The first-order valence-corrected chi connectivity index (χ1v) is 3.85. The Labute approximate surface area is 66.2 Å². The summed E-state index contributed by atoms with van der Waals surface area (Å²) in [6.07, 6.45) is 0.517. The molecule has 0 aromatic rings. The number of rotatable bonds is 2. The SMILES string of the molecule is CN1CCNC(CCO)C1=O. The molecular formula is C7H14N2O2. The van der Waals surface area contributed by atoms with Crippen LogP contribution in [0, 0.1) is 0 Å². The van der Waals surface area contributed by atoms with E-state index in [4.69, 9.17) is 5.11 Å². The number of hydrogen-bond acceptors (Lipinski definition) is 3. The van der Waals surface area contributed by atoms with Crippen LogP contribution in [0.25, 0.3) is 0 Å². The topological polar surface area (TPSA) is 52.6 Å². The summed E-state index contributed by atoms with van der Waals surface area (Å²) in [7, 11) is 1.79. The second-order valence-corrected chi connectivity index (χ2v) is 2.78. The van der Waals surface area contributed by atoms with Crippen molar-refractivity contribution in [3.8, 4) is 0 Å². The van der Waals surface area contributed by atoms with Crippen LogP contribution in [-0.4, -0.2) is 48.7 Å². The minimum absolute atomic E-state index is 0.0667. The van der Waals surface area contributed by atoms with Crippen molar-refractivity contribution in [3.05, 3.63) is 0 Å². The summed E-state index contributed by atoms with van der Waals surface area (Å²) >= 11 is 0. The standard InChI is InChI=1S/C7H14N2O2/c1-9-4-3-8-6(2-5-10)7(9)11/h6,8,10H,2-5H2,1H3. The van der Waals surface area contributed by atoms with E-state index in [-0.39, 0.29) is 18.6 Å². The van der Waals surface area contributed by atoms with Crippen molar-refractivity contribution in [3.63, 3.8) is 0 Å². The molecule has 0 bridgehead atoms. The van der Waals surface area contributed by atoms with Gasteiger partial charge in [0.25, 0.3) is 0 Å². The van der Waals surface area contributed by atoms with Crippen molar-refractivity contribution >= 4 is 5.91 Å². The number of carbonyl (C=O) groups excluding carboxylic acids is 1. The Morgan fingerprint density at radius 2 is 2.55 bits per heavy atom. The van der Waals surface area contributed by atoms with Gasteiger partial charge in [0.05, 0.1) is 6.04 Å². The van der Waals surface area contributed by atoms with Gasteiger partial charge in [0.1, 0.15) is 0 Å². The number of aliphatic hydroxyl groups excluding tert-OH is 1. The second-order valence-electron chi connectivity index (χ2n) is 2.78. The highest BCUT2D eigenvalue weighted by Gasteiger charge is 2.24. The number of carbonyl (C=O) groups is 1. The van der Waals surface area contributed by atoms with Crippen molar-refractivity contribution in [2.24, 2.45) is 0 Å². The molecule has 1 rings (SSSR count). The van der Waals surface area contributed by atoms with Crippen molar-refractivity contribution < 1.29 is 9.90 Å². The maximum Gasteiger partial charge on any atom is 0.239 e. The predicted octanol–water partition coefficient (Wildman–Crippen LogP) is -1.20. The van der Waals surface area contributed by atoms with E-state index in [0.29, 0.717) is 6.42 Å². The average molecular weight is 158 g/mol. The van der Waals surface area contributed by atoms with E-state index < -0.39 is 0 Å². The Kier molecular flexibility index (Phi) is 2.84. The minimum Gasteiger partial charge on any atom is -0.396 e. The molecule has 1 aliphatic heterocycles. The highest BCUT2D eigenvalue weighted by Crippen LogP contribution is 2.01. The molecule has 4 heteroatoms. The molecule has 0 saturated carbocycles. The highest BCUT2D eigenvalue weighted by atomic mass is 16.3. The van der Waals surface area contributed by atoms with Crippen LogP contribution in [0.5, 0.6) is 0 Å². The van der Waals surface area contributed by atoms with E-state index in [9.17, 15) is 4.79 Å². The van der Waals surface area contributed by atoms with Crippen molar-refractivity contribution in [2.45, 2.75) is 12.5 Å². The van der Waals surface area contributed by atoms with Crippen molar-refractivity contribution in [2.75, 3.05) is 26.7 Å². The monoisotopic (exact) mass is 158 g/mol. The fourth-order valence-electron chi connectivity index (χ4n) is 1.22. The molecule has 1 heterocycles. The third-order valence-corrected chi connectivity index (χ3v) is 1.93. The Morgan fingerprint density at radius 3 is 3.18 bits per heavy atom. The van der Waals surface area contributed by atoms with E-state index in [2.05, 4.69) is 5.32 Å². The summed E-state index contributed by atoms with van der Waals surface area (Å²) in [4.78, 5) is 13.0. The molecule has 11 heavy (non-hydrogen) atoms.